The number of nitrogens with zero attached hydrogens (tertiary/aromatic N) is 1. The summed E-state index contributed by atoms with van der Waals surface area (Å²) in [7, 11) is 0. The van der Waals surface area contributed by atoms with Gasteiger partial charge in [-0.2, -0.15) is 0 Å². The highest BCUT2D eigenvalue weighted by molar-refractivity contribution is 6.92. The van der Waals surface area contributed by atoms with Gasteiger partial charge in [-0.3, -0.25) is 0 Å². The van der Waals surface area contributed by atoms with Crippen molar-refractivity contribution in [3.63, 3.8) is 0 Å². The smallest absolute Gasteiger partial charge is 0.0786 e. The van der Waals surface area contributed by atoms with Crippen molar-refractivity contribution in [3.8, 4) is 0 Å². The van der Waals surface area contributed by atoms with Crippen LogP contribution in [0.25, 0.3) is 0 Å². The average Bonchev–Trinajstić information content (AvgIpc) is 2.37. The van der Waals surface area contributed by atoms with Crippen molar-refractivity contribution >= 4 is 9.90 Å². The van der Waals surface area contributed by atoms with Gasteiger partial charge in [-0.15, -0.1) is 0 Å². The highest BCUT2D eigenvalue weighted by atomic mass is 79.9. The third-order valence-electron chi connectivity index (χ3n) is 3.94. The van der Waals surface area contributed by atoms with Crippen molar-refractivity contribution < 1.29 is 38.4 Å². The molecule has 0 spiro atoms. The summed E-state index contributed by atoms with van der Waals surface area (Å²) in [4.78, 5) is 0. The lowest BCUT2D eigenvalue weighted by atomic mass is 10.1. The van der Waals surface area contributed by atoms with Crippen molar-refractivity contribution in [3.05, 3.63) is 0 Å². The van der Waals surface area contributed by atoms with E-state index in [-0.39, 0.29) is 43.9 Å². The van der Waals surface area contributed by atoms with E-state index < -0.39 is 0 Å². The van der Waals surface area contributed by atoms with Crippen LogP contribution in [-0.2, 0) is 0 Å². The molecule has 0 radical (unpaired) electrons. The molecule has 0 aliphatic carbocycles. The molecule has 0 aromatic rings. The molecule has 0 aromatic heterocycles. The highest BCUT2D eigenvalue weighted by Gasteiger charge is 2.24. The molecule has 0 aromatic carbocycles. The van der Waals surface area contributed by atoms with E-state index in [0.29, 0.717) is 0 Å². The van der Waals surface area contributed by atoms with Crippen molar-refractivity contribution in [2.75, 3.05) is 26.2 Å². The highest BCUT2D eigenvalue weighted by Crippen LogP contribution is 2.16. The van der Waals surface area contributed by atoms with E-state index in [1.54, 1.807) is 0 Å². The van der Waals surface area contributed by atoms with Crippen LogP contribution in [0.5, 0.6) is 0 Å². The molecule has 1 unspecified atom stereocenters. The van der Waals surface area contributed by atoms with Gasteiger partial charge in [0.1, 0.15) is 0 Å². The van der Waals surface area contributed by atoms with Gasteiger partial charge in [0.15, 0.2) is 0 Å². The summed E-state index contributed by atoms with van der Waals surface area (Å²) in [5.41, 5.74) is 0. The molecule has 0 heterocycles. The molecule has 0 bridgehead atoms. The van der Waals surface area contributed by atoms with Crippen LogP contribution in [0.2, 0.25) is 0 Å². The predicted molar refractivity (Wildman–Crippen MR) is 91.9 cm³/mol. The largest absolute Gasteiger partial charge is 1.00 e. The Morgan fingerprint density at radius 3 is 0.850 bits per heavy atom. The second-order valence-electron chi connectivity index (χ2n) is 5.65. The van der Waals surface area contributed by atoms with Crippen LogP contribution < -0.4 is 34.0 Å². The van der Waals surface area contributed by atoms with Gasteiger partial charge in [0.05, 0.1) is 26.2 Å². The Morgan fingerprint density at radius 2 is 0.700 bits per heavy atom. The maximum Gasteiger partial charge on any atom is 0.0786 e. The van der Waals surface area contributed by atoms with E-state index in [1.165, 1.54) is 82.0 Å². The fourth-order valence-corrected chi connectivity index (χ4v) is 2.64. The number of quaternary nitrogens is 1. The van der Waals surface area contributed by atoms with Crippen molar-refractivity contribution in [2.24, 2.45) is 0 Å². The Labute approximate surface area is 153 Å². The molecule has 128 valence electrons. The van der Waals surface area contributed by atoms with E-state index in [4.69, 9.17) is 0 Å². The molecule has 0 amide bonds. The number of hydrogen-bond donors (Lipinski definition) is 0. The molecule has 0 N–H and O–H groups in total. The molecule has 1 atom stereocenters. The zero-order valence-corrected chi connectivity index (χ0v) is 19.9. The Balaban J connectivity index is -0.000000427. The summed E-state index contributed by atoms with van der Waals surface area (Å²) in [6.45, 7) is 15.0. The van der Waals surface area contributed by atoms with Crippen LogP contribution in [-0.4, -0.2) is 30.7 Å². The van der Waals surface area contributed by atoms with Gasteiger partial charge in [0, 0.05) is 0 Å². The number of unbranched alkanes of at least 4 members (excludes halogenated alkanes) is 4. The Bertz CT molecular complexity index is 131. The summed E-state index contributed by atoms with van der Waals surface area (Å²) < 4.78 is 1.42. The lowest BCUT2D eigenvalue weighted by Crippen LogP contribution is -3.00. The minimum absolute atomic E-state index is 0. The maximum absolute atomic E-state index is 2.33. The van der Waals surface area contributed by atoms with E-state index in [9.17, 15) is 0 Å². The minimum Gasteiger partial charge on any atom is -1.00 e. The van der Waals surface area contributed by atoms with E-state index in [1.807, 2.05) is 0 Å². The first-order chi connectivity index (χ1) is 8.24. The van der Waals surface area contributed by atoms with E-state index in [0.717, 1.165) is 0 Å². The van der Waals surface area contributed by atoms with Crippen molar-refractivity contribution in [1.82, 2.24) is 0 Å². The van der Waals surface area contributed by atoms with E-state index in [2.05, 4.69) is 27.7 Å². The maximum atomic E-state index is 2.33. The second-order valence-corrected chi connectivity index (χ2v) is 5.65. The van der Waals surface area contributed by atoms with Crippen LogP contribution in [0, 0.1) is 0 Å². The normalized spacial score (nSPS) is 10.2. The molecule has 0 fully saturated rings. The molecule has 0 rings (SSSR count). The first-order valence-corrected chi connectivity index (χ1v) is 8.09. The SMILES string of the molecule is CCCC[N+](CCCC)(CCCC)CCCC.[Br-].[Br-].[PH4+]. The summed E-state index contributed by atoms with van der Waals surface area (Å²) in [6, 6.07) is 0. The quantitative estimate of drug-likeness (QED) is 0.266. The van der Waals surface area contributed by atoms with Crippen LogP contribution in [0.15, 0.2) is 0 Å². The average molecular weight is 437 g/mol. The summed E-state index contributed by atoms with van der Waals surface area (Å²) >= 11 is 0. The van der Waals surface area contributed by atoms with Crippen LogP contribution in [0.3, 0.4) is 0 Å². The summed E-state index contributed by atoms with van der Waals surface area (Å²) in [5, 5.41) is 0. The zero-order chi connectivity index (χ0) is 13.0. The van der Waals surface area contributed by atoms with E-state index >= 15 is 0 Å². The molecule has 0 saturated carbocycles. The lowest BCUT2D eigenvalue weighted by molar-refractivity contribution is -0.929. The topological polar surface area (TPSA) is 0 Å². The first kappa shape index (κ1) is 29.4. The molecule has 20 heavy (non-hydrogen) atoms. The van der Waals surface area contributed by atoms with Gasteiger partial charge in [0.2, 0.25) is 0 Å². The third kappa shape index (κ3) is 14.3. The number of rotatable bonds is 12. The number of hydrogen-bond acceptors (Lipinski definition) is 0. The number of halogens is 2. The van der Waals surface area contributed by atoms with Gasteiger partial charge in [-0.05, 0) is 35.6 Å². The fourth-order valence-electron chi connectivity index (χ4n) is 2.64. The molecule has 0 saturated heterocycles. The molecule has 0 aliphatic heterocycles. The Kier molecular flexibility index (Phi) is 29.9. The fraction of sp³-hybridized carbons (Fsp3) is 1.00. The van der Waals surface area contributed by atoms with Crippen molar-refractivity contribution in [2.45, 2.75) is 79.1 Å². The molecule has 1 nitrogen and oxygen atoms in total. The first-order valence-electron chi connectivity index (χ1n) is 8.09. The summed E-state index contributed by atoms with van der Waals surface area (Å²) in [5.74, 6) is 0. The third-order valence-corrected chi connectivity index (χ3v) is 3.94. The molecular weight excluding hydrogens is 397 g/mol. The zero-order valence-electron chi connectivity index (χ0n) is 14.7. The van der Waals surface area contributed by atoms with Crippen LogP contribution >= 0.6 is 9.90 Å². The van der Waals surface area contributed by atoms with Gasteiger partial charge in [-0.1, -0.05) is 53.4 Å². The molecule has 4 heteroatoms. The van der Waals surface area contributed by atoms with Gasteiger partial charge >= 0.3 is 0 Å². The standard InChI is InChI=1S/C16H36N.2BrH.H3P/c1-5-9-13-17(14-10-6-2,15-11-7-3)16-12-8-4;;;/h5-16H2,1-4H3;2*1H;1H3/q+1;;;/p-1. The predicted octanol–water partition coefficient (Wildman–Crippen LogP) is -1.20. The van der Waals surface area contributed by atoms with Crippen molar-refractivity contribution in [1.29, 1.82) is 0 Å². The minimum atomic E-state index is 0. The lowest BCUT2D eigenvalue weighted by Gasteiger charge is -2.39. The second kappa shape index (κ2) is 20.3. The summed E-state index contributed by atoms with van der Waals surface area (Å²) in [6.07, 6.45) is 11.1. The van der Waals surface area contributed by atoms with Gasteiger partial charge < -0.3 is 38.4 Å². The molecular formula is C16H40Br2NP. The monoisotopic (exact) mass is 435 g/mol. The van der Waals surface area contributed by atoms with Gasteiger partial charge in [0.25, 0.3) is 0 Å². The Morgan fingerprint density at radius 1 is 0.500 bits per heavy atom. The Hall–Kier alpha value is 1.35. The molecule has 0 aliphatic rings. The van der Waals surface area contributed by atoms with Crippen LogP contribution in [0.4, 0.5) is 0 Å². The van der Waals surface area contributed by atoms with Gasteiger partial charge in [-0.25, -0.2) is 0 Å². The van der Waals surface area contributed by atoms with Crippen LogP contribution in [0.1, 0.15) is 79.1 Å².